The molecule has 0 aromatic heterocycles. The van der Waals surface area contributed by atoms with Gasteiger partial charge in [0.2, 0.25) is 0 Å². The van der Waals surface area contributed by atoms with Gasteiger partial charge in [0.1, 0.15) is 0 Å². The average molecular weight is 394 g/mol. The molecule has 0 aromatic rings. The van der Waals surface area contributed by atoms with Gasteiger partial charge in [-0.15, -0.1) is 0 Å². The van der Waals surface area contributed by atoms with Crippen molar-refractivity contribution in [1.82, 2.24) is 10.6 Å². The van der Waals surface area contributed by atoms with Crippen LogP contribution in [-0.4, -0.2) is 48.1 Å². The first-order valence-electron chi connectivity index (χ1n) is 7.56. The number of carbonyl (C=O) groups is 2. The summed E-state index contributed by atoms with van der Waals surface area (Å²) in [4.78, 5) is 22.2. The predicted molar refractivity (Wildman–Crippen MR) is 92.9 cm³/mol. The van der Waals surface area contributed by atoms with E-state index in [0.29, 0.717) is 24.2 Å². The van der Waals surface area contributed by atoms with Gasteiger partial charge in [-0.3, -0.25) is 9.59 Å². The molecular weight excluding hydrogens is 372 g/mol. The molecule has 139 valence electrons. The summed E-state index contributed by atoms with van der Waals surface area (Å²) in [6.45, 7) is 1.07. The van der Waals surface area contributed by atoms with Gasteiger partial charge in [0, 0.05) is 53.7 Å². The first-order chi connectivity index (χ1) is 11.7. The molecule has 0 spiro atoms. The van der Waals surface area contributed by atoms with E-state index in [2.05, 4.69) is 10.6 Å². The molecule has 0 bridgehead atoms. The first kappa shape index (κ1) is 22.8. The van der Waals surface area contributed by atoms with Crippen molar-refractivity contribution in [3.8, 4) is 0 Å². The van der Waals surface area contributed by atoms with Gasteiger partial charge >= 0.3 is 0 Å². The summed E-state index contributed by atoms with van der Waals surface area (Å²) in [5.74, 6) is -0.0223. The summed E-state index contributed by atoms with van der Waals surface area (Å²) in [7, 11) is 0. The summed E-state index contributed by atoms with van der Waals surface area (Å²) in [5, 5.41) is 22.5. The number of ketones is 2. The molecule has 0 heterocycles. The van der Waals surface area contributed by atoms with Crippen molar-refractivity contribution in [3.63, 3.8) is 0 Å². The molecule has 0 aromatic carbocycles. The van der Waals surface area contributed by atoms with Gasteiger partial charge in [0.15, 0.2) is 11.6 Å². The van der Waals surface area contributed by atoms with Crippen LogP contribution in [0.5, 0.6) is 0 Å². The van der Waals surface area contributed by atoms with Crippen molar-refractivity contribution in [1.29, 1.82) is 0 Å². The monoisotopic (exact) mass is 393 g/mol. The standard InChI is InChI=1S/2C9H11NO2.Cu/c2*11-6-5-10-7-8-3-1-2-4-9(8)12;/h2*1-4,7,10-11H,5-6H2;. The summed E-state index contributed by atoms with van der Waals surface area (Å²) in [6, 6.07) is 0. The van der Waals surface area contributed by atoms with Crippen LogP contribution < -0.4 is 10.6 Å². The molecule has 2 rings (SSSR count). The second-order valence-corrected chi connectivity index (χ2v) is 4.72. The molecule has 6 nitrogen and oxygen atoms in total. The number of aliphatic hydroxyl groups excluding tert-OH is 2. The zero-order chi connectivity index (χ0) is 17.6. The van der Waals surface area contributed by atoms with E-state index in [-0.39, 0.29) is 41.8 Å². The van der Waals surface area contributed by atoms with Gasteiger partial charge in [-0.25, -0.2) is 0 Å². The molecule has 0 unspecified atom stereocenters. The molecule has 0 saturated carbocycles. The summed E-state index contributed by atoms with van der Waals surface area (Å²) in [5.41, 5.74) is 1.23. The fourth-order valence-electron chi connectivity index (χ4n) is 1.69. The van der Waals surface area contributed by atoms with Crippen LogP contribution in [0, 0.1) is 0 Å². The Morgan fingerprint density at radius 3 is 1.40 bits per heavy atom. The number of aliphatic hydroxyl groups is 2. The van der Waals surface area contributed by atoms with Gasteiger partial charge in [-0.2, -0.15) is 0 Å². The summed E-state index contributed by atoms with van der Waals surface area (Å²) in [6.07, 6.45) is 16.7. The Bertz CT molecular complexity index is 563. The average Bonchev–Trinajstić information content (AvgIpc) is 2.59. The van der Waals surface area contributed by atoms with Crippen LogP contribution in [0.25, 0.3) is 0 Å². The fourth-order valence-corrected chi connectivity index (χ4v) is 1.69. The van der Waals surface area contributed by atoms with Gasteiger partial charge in [0.25, 0.3) is 0 Å². The van der Waals surface area contributed by atoms with Crippen molar-refractivity contribution < 1.29 is 36.9 Å². The maximum atomic E-state index is 11.1. The SMILES string of the molecule is O=C1C=CC=CC1=CNCCO.O=C1C=CC=CC1=CNCCO.[Cu]. The third-order valence-corrected chi connectivity index (χ3v) is 2.87. The third-order valence-electron chi connectivity index (χ3n) is 2.87. The zero-order valence-corrected chi connectivity index (χ0v) is 14.6. The molecule has 0 aliphatic heterocycles. The van der Waals surface area contributed by atoms with Gasteiger partial charge in [-0.1, -0.05) is 24.3 Å². The molecule has 25 heavy (non-hydrogen) atoms. The Labute approximate surface area is 157 Å². The Hall–Kier alpha value is -2.18. The molecule has 2 aliphatic carbocycles. The minimum Gasteiger partial charge on any atom is -0.395 e. The second-order valence-electron chi connectivity index (χ2n) is 4.72. The number of nitrogens with one attached hydrogen (secondary N) is 2. The topological polar surface area (TPSA) is 98.7 Å². The van der Waals surface area contributed by atoms with Crippen LogP contribution in [0.3, 0.4) is 0 Å². The molecule has 0 saturated heterocycles. The quantitative estimate of drug-likeness (QED) is 0.294. The molecule has 0 atom stereocenters. The molecule has 0 fully saturated rings. The van der Waals surface area contributed by atoms with E-state index in [1.807, 2.05) is 0 Å². The van der Waals surface area contributed by atoms with Gasteiger partial charge in [0.05, 0.1) is 13.2 Å². The van der Waals surface area contributed by atoms with E-state index in [9.17, 15) is 9.59 Å². The van der Waals surface area contributed by atoms with Crippen molar-refractivity contribution >= 4 is 11.6 Å². The Balaban J connectivity index is 0.000000443. The van der Waals surface area contributed by atoms with E-state index < -0.39 is 0 Å². The minimum absolute atomic E-state index is 0. The van der Waals surface area contributed by atoms with Crippen LogP contribution in [0.2, 0.25) is 0 Å². The van der Waals surface area contributed by atoms with E-state index in [4.69, 9.17) is 10.2 Å². The molecule has 0 amide bonds. The summed E-state index contributed by atoms with van der Waals surface area (Å²) >= 11 is 0. The number of hydrogen-bond acceptors (Lipinski definition) is 6. The second kappa shape index (κ2) is 14.2. The number of hydrogen-bond donors (Lipinski definition) is 4. The summed E-state index contributed by atoms with van der Waals surface area (Å²) < 4.78 is 0. The van der Waals surface area contributed by atoms with Crippen molar-refractivity contribution in [2.24, 2.45) is 0 Å². The number of rotatable bonds is 6. The van der Waals surface area contributed by atoms with Crippen LogP contribution in [0.4, 0.5) is 0 Å². The van der Waals surface area contributed by atoms with Crippen molar-refractivity contribution in [2.75, 3.05) is 26.3 Å². The van der Waals surface area contributed by atoms with Gasteiger partial charge in [-0.05, 0) is 24.3 Å². The van der Waals surface area contributed by atoms with E-state index in [1.165, 1.54) is 12.2 Å². The Morgan fingerprint density at radius 2 is 1.08 bits per heavy atom. The van der Waals surface area contributed by atoms with E-state index in [1.54, 1.807) is 48.9 Å². The third kappa shape index (κ3) is 9.64. The molecule has 2 aliphatic rings. The zero-order valence-electron chi connectivity index (χ0n) is 13.6. The smallest absolute Gasteiger partial charge is 0.187 e. The molecule has 7 heteroatoms. The van der Waals surface area contributed by atoms with E-state index >= 15 is 0 Å². The minimum atomic E-state index is -0.0112. The largest absolute Gasteiger partial charge is 0.395 e. The van der Waals surface area contributed by atoms with Crippen LogP contribution in [-0.2, 0) is 26.7 Å². The van der Waals surface area contributed by atoms with Crippen LogP contribution >= 0.6 is 0 Å². The normalized spacial score (nSPS) is 18.0. The number of carbonyl (C=O) groups excluding carboxylic acids is 2. The molecule has 4 N–H and O–H groups in total. The van der Waals surface area contributed by atoms with Crippen LogP contribution in [0.15, 0.2) is 72.2 Å². The molecule has 1 radical (unpaired) electrons. The maximum absolute atomic E-state index is 11.1. The predicted octanol–water partition coefficient (Wildman–Crippen LogP) is 0.292. The maximum Gasteiger partial charge on any atom is 0.187 e. The molecular formula is C18H22CuN2O4. The van der Waals surface area contributed by atoms with Crippen LogP contribution in [0.1, 0.15) is 0 Å². The van der Waals surface area contributed by atoms with Gasteiger partial charge < -0.3 is 20.8 Å². The Morgan fingerprint density at radius 1 is 0.720 bits per heavy atom. The van der Waals surface area contributed by atoms with Crippen molar-refractivity contribution in [3.05, 3.63) is 72.2 Å². The van der Waals surface area contributed by atoms with E-state index in [0.717, 1.165) is 0 Å². The number of allylic oxidation sites excluding steroid dienone is 10. The van der Waals surface area contributed by atoms with Crippen molar-refractivity contribution in [2.45, 2.75) is 0 Å². The Kier molecular flexibility index (Phi) is 12.9. The first-order valence-corrected chi connectivity index (χ1v) is 7.56. The fraction of sp³-hybridized carbons (Fsp3) is 0.222.